The van der Waals surface area contributed by atoms with E-state index in [4.69, 9.17) is 10.5 Å². The van der Waals surface area contributed by atoms with E-state index in [-0.39, 0.29) is 12.0 Å². The van der Waals surface area contributed by atoms with Crippen molar-refractivity contribution in [3.63, 3.8) is 0 Å². The van der Waals surface area contributed by atoms with Crippen LogP contribution in [0.3, 0.4) is 0 Å². The minimum absolute atomic E-state index is 0.111. The number of rotatable bonds is 6. The quantitative estimate of drug-likeness (QED) is 0.604. The maximum absolute atomic E-state index is 11.1. The number of nitrogens with two attached hydrogens (primary N) is 1. The van der Waals surface area contributed by atoms with Crippen molar-refractivity contribution < 1.29 is 9.53 Å². The zero-order valence-electron chi connectivity index (χ0n) is 10.1. The van der Waals surface area contributed by atoms with Crippen LogP contribution in [-0.4, -0.2) is 18.6 Å². The van der Waals surface area contributed by atoms with Gasteiger partial charge in [-0.2, -0.15) is 0 Å². The molecule has 1 aromatic rings. The van der Waals surface area contributed by atoms with Crippen LogP contribution in [0.25, 0.3) is 0 Å². The Bertz CT molecular complexity index is 360. The Morgan fingerprint density at radius 1 is 1.41 bits per heavy atom. The molecule has 1 aromatic carbocycles. The van der Waals surface area contributed by atoms with Crippen molar-refractivity contribution in [3.8, 4) is 0 Å². The molecule has 1 unspecified atom stereocenters. The lowest BCUT2D eigenvalue weighted by Crippen LogP contribution is -2.18. The molecule has 0 radical (unpaired) electrons. The van der Waals surface area contributed by atoms with Crippen LogP contribution in [0.2, 0.25) is 0 Å². The zero-order chi connectivity index (χ0) is 12.5. The molecule has 0 aliphatic rings. The van der Waals surface area contributed by atoms with Gasteiger partial charge < -0.3 is 10.5 Å². The van der Waals surface area contributed by atoms with E-state index in [0.717, 1.165) is 12.8 Å². The number of hydrogen-bond acceptors (Lipinski definition) is 3. The largest absolute Gasteiger partial charge is 0.463 e. The minimum atomic E-state index is -0.331. The molecule has 0 spiro atoms. The van der Waals surface area contributed by atoms with Crippen LogP contribution in [0.4, 0.5) is 0 Å². The molecule has 0 bridgehead atoms. The Morgan fingerprint density at radius 2 is 2.12 bits per heavy atom. The first-order chi connectivity index (χ1) is 8.22. The Labute approximate surface area is 102 Å². The van der Waals surface area contributed by atoms with Gasteiger partial charge in [-0.05, 0) is 25.3 Å². The first-order valence-corrected chi connectivity index (χ1v) is 5.87. The topological polar surface area (TPSA) is 52.3 Å². The summed E-state index contributed by atoms with van der Waals surface area (Å²) in [7, 11) is 0. The monoisotopic (exact) mass is 233 g/mol. The molecular weight excluding hydrogens is 214 g/mol. The highest BCUT2D eigenvalue weighted by Gasteiger charge is 2.00. The molecule has 1 rings (SSSR count). The highest BCUT2D eigenvalue weighted by Crippen LogP contribution is 2.04. The van der Waals surface area contributed by atoms with Crippen molar-refractivity contribution >= 4 is 5.97 Å². The molecule has 0 fully saturated rings. The number of esters is 1. The van der Waals surface area contributed by atoms with Crippen LogP contribution in [0, 0.1) is 0 Å². The number of hydrogen-bond donors (Lipinski definition) is 1. The number of ether oxygens (including phenoxy) is 1. The second-order valence-electron chi connectivity index (χ2n) is 3.80. The van der Waals surface area contributed by atoms with Gasteiger partial charge in [0.25, 0.3) is 0 Å². The first kappa shape index (κ1) is 13.5. The van der Waals surface area contributed by atoms with E-state index < -0.39 is 0 Å². The van der Waals surface area contributed by atoms with Crippen molar-refractivity contribution in [1.29, 1.82) is 0 Å². The fourth-order valence-electron chi connectivity index (χ4n) is 1.47. The van der Waals surface area contributed by atoms with E-state index in [1.165, 1.54) is 11.6 Å². The van der Waals surface area contributed by atoms with Crippen LogP contribution < -0.4 is 5.73 Å². The van der Waals surface area contributed by atoms with Crippen molar-refractivity contribution in [2.75, 3.05) is 6.61 Å². The third kappa shape index (κ3) is 5.88. The van der Waals surface area contributed by atoms with Gasteiger partial charge in [0.15, 0.2) is 0 Å². The predicted octanol–water partition coefficient (Wildman–Crippen LogP) is 2.07. The third-order valence-electron chi connectivity index (χ3n) is 2.38. The summed E-state index contributed by atoms with van der Waals surface area (Å²) >= 11 is 0. The molecule has 0 aromatic heterocycles. The van der Waals surface area contributed by atoms with Crippen molar-refractivity contribution in [3.05, 3.63) is 48.0 Å². The molecule has 0 saturated heterocycles. The lowest BCUT2D eigenvalue weighted by Gasteiger charge is -2.06. The van der Waals surface area contributed by atoms with E-state index >= 15 is 0 Å². The van der Waals surface area contributed by atoms with Crippen LogP contribution in [0.15, 0.2) is 42.5 Å². The first-order valence-electron chi connectivity index (χ1n) is 5.87. The van der Waals surface area contributed by atoms with Crippen LogP contribution in [0.5, 0.6) is 0 Å². The molecule has 1 atom stereocenters. The average molecular weight is 233 g/mol. The lowest BCUT2D eigenvalue weighted by atomic mass is 10.1. The second-order valence-corrected chi connectivity index (χ2v) is 3.80. The normalized spacial score (nSPS) is 12.6. The van der Waals surface area contributed by atoms with Crippen LogP contribution in [0.1, 0.15) is 18.9 Å². The highest BCUT2D eigenvalue weighted by atomic mass is 16.5. The fraction of sp³-hybridized carbons (Fsp3) is 0.357. The summed E-state index contributed by atoms with van der Waals surface area (Å²) in [4.78, 5) is 11.1. The summed E-state index contributed by atoms with van der Waals surface area (Å²) in [5.41, 5.74) is 7.13. The van der Waals surface area contributed by atoms with Gasteiger partial charge in [-0.15, -0.1) is 0 Å². The number of aryl methyl sites for hydroxylation is 1. The maximum atomic E-state index is 11.1. The average Bonchev–Trinajstić information content (AvgIpc) is 2.35. The zero-order valence-corrected chi connectivity index (χ0v) is 10.1. The molecule has 3 heteroatoms. The summed E-state index contributed by atoms with van der Waals surface area (Å²) in [6.45, 7) is 2.17. The Balaban J connectivity index is 2.30. The standard InChI is InChI=1S/C14H19NO2/c1-2-17-14(16)11-10-13(15)9-8-12-6-4-3-5-7-12/h3-7,10-11,13H,2,8-9,15H2,1H3. The van der Waals surface area contributed by atoms with E-state index in [9.17, 15) is 4.79 Å². The Hall–Kier alpha value is -1.61. The molecule has 0 aliphatic heterocycles. The molecule has 0 amide bonds. The van der Waals surface area contributed by atoms with E-state index in [0.29, 0.717) is 6.61 Å². The van der Waals surface area contributed by atoms with Gasteiger partial charge in [0.05, 0.1) is 6.61 Å². The van der Waals surface area contributed by atoms with Gasteiger partial charge in [0, 0.05) is 12.1 Å². The second kappa shape index (κ2) is 7.63. The van der Waals surface area contributed by atoms with Crippen molar-refractivity contribution in [2.45, 2.75) is 25.8 Å². The highest BCUT2D eigenvalue weighted by molar-refractivity contribution is 5.81. The molecular formula is C14H19NO2. The summed E-state index contributed by atoms with van der Waals surface area (Å²) in [5, 5.41) is 0. The molecule has 0 aliphatic carbocycles. The molecule has 2 N–H and O–H groups in total. The van der Waals surface area contributed by atoms with E-state index in [1.54, 1.807) is 13.0 Å². The third-order valence-corrected chi connectivity index (χ3v) is 2.38. The Kier molecular flexibility index (Phi) is 6.04. The fourth-order valence-corrected chi connectivity index (χ4v) is 1.47. The molecule has 0 saturated carbocycles. The summed E-state index contributed by atoms with van der Waals surface area (Å²) in [5.74, 6) is -0.331. The Morgan fingerprint density at radius 3 is 2.76 bits per heavy atom. The number of carbonyl (C=O) groups is 1. The number of carbonyl (C=O) groups excluding carboxylic acids is 1. The van der Waals surface area contributed by atoms with Gasteiger partial charge in [0.1, 0.15) is 0 Å². The van der Waals surface area contributed by atoms with Gasteiger partial charge in [-0.3, -0.25) is 0 Å². The molecule has 0 heterocycles. The maximum Gasteiger partial charge on any atom is 0.330 e. The van der Waals surface area contributed by atoms with Gasteiger partial charge in [-0.1, -0.05) is 36.4 Å². The summed E-state index contributed by atoms with van der Waals surface area (Å²) in [6, 6.07) is 10.0. The van der Waals surface area contributed by atoms with Crippen molar-refractivity contribution in [2.24, 2.45) is 5.73 Å². The molecule has 3 nitrogen and oxygen atoms in total. The predicted molar refractivity (Wildman–Crippen MR) is 68.5 cm³/mol. The van der Waals surface area contributed by atoms with E-state index in [2.05, 4.69) is 12.1 Å². The molecule has 92 valence electrons. The van der Waals surface area contributed by atoms with Crippen LogP contribution >= 0.6 is 0 Å². The van der Waals surface area contributed by atoms with E-state index in [1.807, 2.05) is 18.2 Å². The lowest BCUT2D eigenvalue weighted by molar-refractivity contribution is -0.137. The van der Waals surface area contributed by atoms with Crippen molar-refractivity contribution in [1.82, 2.24) is 0 Å². The molecule has 17 heavy (non-hydrogen) atoms. The summed E-state index contributed by atoms with van der Waals surface area (Å²) in [6.07, 6.45) is 4.83. The SMILES string of the molecule is CCOC(=O)C=CC(N)CCc1ccccc1. The van der Waals surface area contributed by atoms with Gasteiger partial charge >= 0.3 is 5.97 Å². The minimum Gasteiger partial charge on any atom is -0.463 e. The van der Waals surface area contributed by atoms with Gasteiger partial charge in [0.2, 0.25) is 0 Å². The smallest absolute Gasteiger partial charge is 0.330 e. The van der Waals surface area contributed by atoms with Crippen LogP contribution in [-0.2, 0) is 16.0 Å². The number of benzene rings is 1. The van der Waals surface area contributed by atoms with Gasteiger partial charge in [-0.25, -0.2) is 4.79 Å². The summed E-state index contributed by atoms with van der Waals surface area (Å²) < 4.78 is 4.77.